The summed E-state index contributed by atoms with van der Waals surface area (Å²) in [5, 5.41) is 12.8. The van der Waals surface area contributed by atoms with Gasteiger partial charge in [0.05, 0.1) is 5.41 Å². The summed E-state index contributed by atoms with van der Waals surface area (Å²) in [6, 6.07) is 5.29. The number of rotatable bonds is 5. The highest BCUT2D eigenvalue weighted by molar-refractivity contribution is 6.35. The first-order chi connectivity index (χ1) is 9.10. The molecule has 0 bridgehead atoms. The number of carbonyl (C=O) groups is 1. The first kappa shape index (κ1) is 14.6. The minimum atomic E-state index is -0.517. The molecule has 0 heterocycles. The number of benzene rings is 1. The lowest BCUT2D eigenvalue weighted by atomic mass is 9.63. The lowest BCUT2D eigenvalue weighted by molar-refractivity contribution is -0.129. The van der Waals surface area contributed by atoms with Gasteiger partial charge < -0.3 is 10.4 Å². The van der Waals surface area contributed by atoms with Gasteiger partial charge in [0, 0.05) is 23.2 Å². The van der Waals surface area contributed by atoms with Crippen LogP contribution in [0.5, 0.6) is 0 Å². The fourth-order valence-corrected chi connectivity index (χ4v) is 3.07. The normalized spacial score (nSPS) is 16.8. The smallest absolute Gasteiger partial charge is 0.230 e. The van der Waals surface area contributed by atoms with Crippen molar-refractivity contribution in [3.8, 4) is 0 Å². The van der Waals surface area contributed by atoms with E-state index in [1.54, 1.807) is 12.1 Å². The third-order valence-corrected chi connectivity index (χ3v) is 4.26. The fourth-order valence-electron chi connectivity index (χ4n) is 2.48. The van der Waals surface area contributed by atoms with E-state index in [1.165, 1.54) is 0 Å². The van der Waals surface area contributed by atoms with Crippen molar-refractivity contribution in [2.24, 2.45) is 0 Å². The molecule has 1 amide bonds. The molecule has 1 saturated carbocycles. The molecule has 0 spiro atoms. The van der Waals surface area contributed by atoms with Crippen LogP contribution >= 0.6 is 23.2 Å². The number of hydrogen-bond acceptors (Lipinski definition) is 2. The second-order valence-electron chi connectivity index (χ2n) is 4.89. The number of hydrogen-bond donors (Lipinski definition) is 2. The van der Waals surface area contributed by atoms with Crippen LogP contribution < -0.4 is 5.32 Å². The molecule has 19 heavy (non-hydrogen) atoms. The topological polar surface area (TPSA) is 49.3 Å². The van der Waals surface area contributed by atoms with Crippen LogP contribution in [0, 0.1) is 0 Å². The van der Waals surface area contributed by atoms with Gasteiger partial charge in [0.2, 0.25) is 5.91 Å². The number of amides is 1. The highest BCUT2D eigenvalue weighted by atomic mass is 35.5. The van der Waals surface area contributed by atoms with E-state index in [0.29, 0.717) is 23.0 Å². The van der Waals surface area contributed by atoms with Crippen LogP contribution in [-0.4, -0.2) is 24.2 Å². The maximum Gasteiger partial charge on any atom is 0.230 e. The van der Waals surface area contributed by atoms with E-state index >= 15 is 0 Å². The van der Waals surface area contributed by atoms with Crippen LogP contribution in [0.25, 0.3) is 0 Å². The Kier molecular flexibility index (Phi) is 4.71. The Morgan fingerprint density at radius 3 is 2.63 bits per heavy atom. The van der Waals surface area contributed by atoms with Crippen molar-refractivity contribution in [1.29, 1.82) is 0 Å². The van der Waals surface area contributed by atoms with Gasteiger partial charge in [-0.05, 0) is 37.0 Å². The zero-order chi connectivity index (χ0) is 13.9. The SMILES string of the molecule is O=C(NCCCO)C1(c2ccc(Cl)cc2Cl)CCC1. The van der Waals surface area contributed by atoms with Crippen LogP contribution in [0.1, 0.15) is 31.2 Å². The minimum Gasteiger partial charge on any atom is -0.396 e. The molecule has 0 aliphatic heterocycles. The maximum absolute atomic E-state index is 12.4. The molecule has 1 fully saturated rings. The molecule has 2 N–H and O–H groups in total. The van der Waals surface area contributed by atoms with E-state index in [0.717, 1.165) is 24.8 Å². The van der Waals surface area contributed by atoms with Crippen molar-refractivity contribution in [3.05, 3.63) is 33.8 Å². The van der Waals surface area contributed by atoms with E-state index < -0.39 is 5.41 Å². The average Bonchev–Trinajstić information content (AvgIpc) is 2.31. The van der Waals surface area contributed by atoms with E-state index in [-0.39, 0.29) is 12.5 Å². The molecule has 1 aromatic rings. The lowest BCUT2D eigenvalue weighted by Crippen LogP contribution is -2.49. The van der Waals surface area contributed by atoms with E-state index in [2.05, 4.69) is 5.32 Å². The van der Waals surface area contributed by atoms with Crippen LogP contribution in [0.3, 0.4) is 0 Å². The van der Waals surface area contributed by atoms with Gasteiger partial charge in [-0.25, -0.2) is 0 Å². The second-order valence-corrected chi connectivity index (χ2v) is 5.74. The average molecular weight is 302 g/mol. The number of aliphatic hydroxyl groups is 1. The monoisotopic (exact) mass is 301 g/mol. The van der Waals surface area contributed by atoms with Crippen LogP contribution in [-0.2, 0) is 10.2 Å². The fraction of sp³-hybridized carbons (Fsp3) is 0.500. The van der Waals surface area contributed by atoms with Crippen LogP contribution in [0.2, 0.25) is 10.0 Å². The van der Waals surface area contributed by atoms with Crippen molar-refractivity contribution in [2.45, 2.75) is 31.1 Å². The van der Waals surface area contributed by atoms with Gasteiger partial charge in [-0.3, -0.25) is 4.79 Å². The van der Waals surface area contributed by atoms with Gasteiger partial charge in [-0.2, -0.15) is 0 Å². The van der Waals surface area contributed by atoms with Crippen molar-refractivity contribution in [2.75, 3.05) is 13.2 Å². The first-order valence-electron chi connectivity index (χ1n) is 6.45. The molecular weight excluding hydrogens is 285 g/mol. The number of halogens is 2. The molecule has 0 unspecified atom stereocenters. The molecule has 104 valence electrons. The Bertz CT molecular complexity index is 473. The third-order valence-electron chi connectivity index (χ3n) is 3.71. The second kappa shape index (κ2) is 6.12. The Morgan fingerprint density at radius 1 is 1.37 bits per heavy atom. The Balaban J connectivity index is 2.20. The highest BCUT2D eigenvalue weighted by Gasteiger charge is 2.46. The molecule has 1 aromatic carbocycles. The van der Waals surface area contributed by atoms with Crippen molar-refractivity contribution < 1.29 is 9.90 Å². The molecule has 0 radical (unpaired) electrons. The molecule has 0 aromatic heterocycles. The Labute approximate surface area is 122 Å². The Morgan fingerprint density at radius 2 is 2.11 bits per heavy atom. The first-order valence-corrected chi connectivity index (χ1v) is 7.20. The van der Waals surface area contributed by atoms with Gasteiger partial charge >= 0.3 is 0 Å². The molecule has 5 heteroatoms. The summed E-state index contributed by atoms with van der Waals surface area (Å²) in [6.45, 7) is 0.567. The summed E-state index contributed by atoms with van der Waals surface area (Å²) in [6.07, 6.45) is 3.20. The summed E-state index contributed by atoms with van der Waals surface area (Å²) in [5.74, 6) is -0.00331. The zero-order valence-corrected chi connectivity index (χ0v) is 12.1. The quantitative estimate of drug-likeness (QED) is 0.822. The number of aliphatic hydroxyl groups excluding tert-OH is 1. The van der Waals surface area contributed by atoms with E-state index in [1.807, 2.05) is 6.07 Å². The molecular formula is C14H17Cl2NO2. The van der Waals surface area contributed by atoms with E-state index in [9.17, 15) is 4.79 Å². The van der Waals surface area contributed by atoms with Crippen molar-refractivity contribution >= 4 is 29.1 Å². The lowest BCUT2D eigenvalue weighted by Gasteiger charge is -2.41. The summed E-state index contributed by atoms with van der Waals surface area (Å²) in [5.41, 5.74) is 0.336. The Hall–Kier alpha value is -0.770. The summed E-state index contributed by atoms with van der Waals surface area (Å²) in [4.78, 5) is 12.4. The van der Waals surface area contributed by atoms with Crippen molar-refractivity contribution in [1.82, 2.24) is 5.32 Å². The highest BCUT2D eigenvalue weighted by Crippen LogP contribution is 2.46. The van der Waals surface area contributed by atoms with Gasteiger partial charge in [-0.15, -0.1) is 0 Å². The summed E-state index contributed by atoms with van der Waals surface area (Å²) in [7, 11) is 0. The molecule has 3 nitrogen and oxygen atoms in total. The van der Waals surface area contributed by atoms with Crippen LogP contribution in [0.15, 0.2) is 18.2 Å². The third kappa shape index (κ3) is 2.88. The molecule has 1 aliphatic carbocycles. The van der Waals surface area contributed by atoms with Gasteiger partial charge in [0.25, 0.3) is 0 Å². The molecule has 0 saturated heterocycles. The summed E-state index contributed by atoms with van der Waals surface area (Å²) < 4.78 is 0. The van der Waals surface area contributed by atoms with Gasteiger partial charge in [0.15, 0.2) is 0 Å². The maximum atomic E-state index is 12.4. The molecule has 0 atom stereocenters. The predicted molar refractivity (Wildman–Crippen MR) is 76.7 cm³/mol. The van der Waals surface area contributed by atoms with E-state index in [4.69, 9.17) is 28.3 Å². The predicted octanol–water partition coefficient (Wildman–Crippen LogP) is 2.91. The summed E-state index contributed by atoms with van der Waals surface area (Å²) >= 11 is 12.1. The number of carbonyl (C=O) groups excluding carboxylic acids is 1. The molecule has 2 rings (SSSR count). The zero-order valence-electron chi connectivity index (χ0n) is 10.6. The van der Waals surface area contributed by atoms with Gasteiger partial charge in [0.1, 0.15) is 0 Å². The molecule has 1 aliphatic rings. The van der Waals surface area contributed by atoms with Crippen molar-refractivity contribution in [3.63, 3.8) is 0 Å². The van der Waals surface area contributed by atoms with Crippen LogP contribution in [0.4, 0.5) is 0 Å². The van der Waals surface area contributed by atoms with Gasteiger partial charge in [-0.1, -0.05) is 35.7 Å². The largest absolute Gasteiger partial charge is 0.396 e. The number of nitrogens with one attached hydrogen (secondary N) is 1. The minimum absolute atomic E-state index is 0.00331. The standard InChI is InChI=1S/C14H17Cl2NO2/c15-10-3-4-11(12(16)9-10)14(5-1-6-14)13(19)17-7-2-8-18/h3-4,9,18H,1-2,5-8H2,(H,17,19).